The summed E-state index contributed by atoms with van der Waals surface area (Å²) in [6.45, 7) is 0.811. The maximum atomic E-state index is 12.2. The molecule has 0 bridgehead atoms. The zero-order valence-electron chi connectivity index (χ0n) is 10.5. The van der Waals surface area contributed by atoms with Crippen LogP contribution in [-0.2, 0) is 17.8 Å². The normalized spacial score (nSPS) is 20.1. The molecule has 0 aromatic heterocycles. The lowest BCUT2D eigenvalue weighted by Gasteiger charge is -2.41. The number of hydrogen-bond acceptors (Lipinski definition) is 2. The van der Waals surface area contributed by atoms with Crippen LogP contribution < -0.4 is 10.2 Å². The molecule has 19 heavy (non-hydrogen) atoms. The number of fused-ring (bicyclic) bond motifs is 4. The first-order chi connectivity index (χ1) is 9.33. The second-order valence-corrected chi connectivity index (χ2v) is 5.12. The molecule has 1 amide bonds. The van der Waals surface area contributed by atoms with Crippen LogP contribution in [0.2, 0.25) is 0 Å². The predicted molar refractivity (Wildman–Crippen MR) is 75.2 cm³/mol. The van der Waals surface area contributed by atoms with Crippen molar-refractivity contribution in [2.75, 3.05) is 10.2 Å². The molecule has 0 radical (unpaired) electrons. The van der Waals surface area contributed by atoms with Crippen molar-refractivity contribution in [2.24, 2.45) is 0 Å². The molecule has 94 valence electrons. The van der Waals surface area contributed by atoms with Gasteiger partial charge >= 0.3 is 0 Å². The highest BCUT2D eigenvalue weighted by molar-refractivity contribution is 6.04. The first-order valence-electron chi connectivity index (χ1n) is 6.56. The summed E-state index contributed by atoms with van der Waals surface area (Å²) < 4.78 is 0. The van der Waals surface area contributed by atoms with Crippen molar-refractivity contribution >= 4 is 17.3 Å². The molecule has 1 unspecified atom stereocenters. The molecule has 0 aliphatic carbocycles. The highest BCUT2D eigenvalue weighted by Gasteiger charge is 2.36. The van der Waals surface area contributed by atoms with Gasteiger partial charge in [0.05, 0.1) is 11.4 Å². The van der Waals surface area contributed by atoms with Crippen LogP contribution >= 0.6 is 0 Å². The molecule has 2 heterocycles. The number of para-hydroxylation sites is 2. The number of hydrogen-bond donors (Lipinski definition) is 1. The summed E-state index contributed by atoms with van der Waals surface area (Å²) in [4.78, 5) is 14.5. The van der Waals surface area contributed by atoms with Crippen LogP contribution in [0.3, 0.4) is 0 Å². The summed E-state index contributed by atoms with van der Waals surface area (Å²) >= 11 is 0. The van der Waals surface area contributed by atoms with E-state index in [0.717, 1.165) is 24.3 Å². The molecular weight excluding hydrogens is 236 g/mol. The molecule has 3 heteroatoms. The van der Waals surface area contributed by atoms with Gasteiger partial charge in [0, 0.05) is 13.0 Å². The Labute approximate surface area is 111 Å². The molecule has 0 saturated carbocycles. The quantitative estimate of drug-likeness (QED) is 0.779. The zero-order chi connectivity index (χ0) is 12.8. The zero-order valence-corrected chi connectivity index (χ0v) is 10.5. The fraction of sp³-hybridized carbons (Fsp3) is 0.188. The number of carbonyl (C=O) groups excluding carboxylic acids is 1. The van der Waals surface area contributed by atoms with Crippen LogP contribution in [0, 0.1) is 0 Å². The standard InChI is InChI=1S/C16H14N2O/c19-16-15-9-11-5-1-2-6-12(11)10-18(15)14-8-4-3-7-13(14)17-16/h1-8,15H,9-10H2,(H,17,19). The van der Waals surface area contributed by atoms with Crippen LogP contribution in [0.25, 0.3) is 0 Å². The van der Waals surface area contributed by atoms with Gasteiger partial charge in [0.15, 0.2) is 0 Å². The fourth-order valence-corrected chi connectivity index (χ4v) is 3.06. The van der Waals surface area contributed by atoms with Gasteiger partial charge in [-0.15, -0.1) is 0 Å². The third-order valence-electron chi connectivity index (χ3n) is 4.02. The van der Waals surface area contributed by atoms with E-state index in [4.69, 9.17) is 0 Å². The van der Waals surface area contributed by atoms with Crippen molar-refractivity contribution in [3.63, 3.8) is 0 Å². The van der Waals surface area contributed by atoms with Gasteiger partial charge in [-0.25, -0.2) is 0 Å². The molecule has 1 N–H and O–H groups in total. The molecule has 1 atom stereocenters. The monoisotopic (exact) mass is 250 g/mol. The second-order valence-electron chi connectivity index (χ2n) is 5.12. The van der Waals surface area contributed by atoms with Gasteiger partial charge in [-0.1, -0.05) is 36.4 Å². The topological polar surface area (TPSA) is 32.3 Å². The van der Waals surface area contributed by atoms with Gasteiger partial charge < -0.3 is 10.2 Å². The van der Waals surface area contributed by atoms with E-state index in [1.54, 1.807) is 0 Å². The average Bonchev–Trinajstić information content (AvgIpc) is 2.46. The van der Waals surface area contributed by atoms with Crippen LogP contribution in [0.4, 0.5) is 11.4 Å². The van der Waals surface area contributed by atoms with Crippen molar-refractivity contribution < 1.29 is 4.79 Å². The minimum atomic E-state index is -0.0789. The van der Waals surface area contributed by atoms with Crippen LogP contribution in [0.1, 0.15) is 11.1 Å². The SMILES string of the molecule is O=C1Nc2ccccc2N2Cc3ccccc3CC12. The van der Waals surface area contributed by atoms with E-state index in [2.05, 4.69) is 34.5 Å². The van der Waals surface area contributed by atoms with Crippen molar-refractivity contribution in [1.82, 2.24) is 0 Å². The summed E-state index contributed by atoms with van der Waals surface area (Å²) in [6, 6.07) is 16.3. The summed E-state index contributed by atoms with van der Waals surface area (Å²) in [7, 11) is 0. The maximum absolute atomic E-state index is 12.2. The molecule has 0 spiro atoms. The summed E-state index contributed by atoms with van der Waals surface area (Å²) in [5.41, 5.74) is 4.66. The minimum Gasteiger partial charge on any atom is -0.353 e. The first-order valence-corrected chi connectivity index (χ1v) is 6.56. The second kappa shape index (κ2) is 3.85. The molecule has 2 aliphatic rings. The van der Waals surface area contributed by atoms with Gasteiger partial charge in [0.2, 0.25) is 5.91 Å². The van der Waals surface area contributed by atoms with Crippen LogP contribution in [-0.4, -0.2) is 11.9 Å². The lowest BCUT2D eigenvalue weighted by atomic mass is 9.91. The molecule has 4 rings (SSSR count). The van der Waals surface area contributed by atoms with Gasteiger partial charge in [0.1, 0.15) is 6.04 Å². The number of nitrogens with zero attached hydrogens (tertiary/aromatic N) is 1. The Hall–Kier alpha value is -2.29. The van der Waals surface area contributed by atoms with E-state index in [0.29, 0.717) is 0 Å². The Bertz CT molecular complexity index is 665. The highest BCUT2D eigenvalue weighted by Crippen LogP contribution is 2.36. The molecule has 0 saturated heterocycles. The van der Waals surface area contributed by atoms with Crippen molar-refractivity contribution in [3.8, 4) is 0 Å². The van der Waals surface area contributed by atoms with E-state index in [1.165, 1.54) is 11.1 Å². The number of carbonyl (C=O) groups is 1. The summed E-state index contributed by atoms with van der Waals surface area (Å²) in [5, 5.41) is 3.01. The molecule has 2 aliphatic heterocycles. The number of benzene rings is 2. The number of rotatable bonds is 0. The Morgan fingerprint density at radius 3 is 2.63 bits per heavy atom. The van der Waals surface area contributed by atoms with E-state index >= 15 is 0 Å². The average molecular weight is 250 g/mol. The third-order valence-corrected chi connectivity index (χ3v) is 4.02. The first kappa shape index (κ1) is 10.6. The number of anilines is 2. The van der Waals surface area contributed by atoms with Crippen LogP contribution in [0.15, 0.2) is 48.5 Å². The Morgan fingerprint density at radius 2 is 1.74 bits per heavy atom. The third kappa shape index (κ3) is 1.55. The van der Waals surface area contributed by atoms with E-state index in [-0.39, 0.29) is 11.9 Å². The van der Waals surface area contributed by atoms with Crippen molar-refractivity contribution in [2.45, 2.75) is 19.0 Å². The van der Waals surface area contributed by atoms with E-state index in [9.17, 15) is 4.79 Å². The van der Waals surface area contributed by atoms with Crippen molar-refractivity contribution in [3.05, 3.63) is 59.7 Å². The van der Waals surface area contributed by atoms with E-state index < -0.39 is 0 Å². The molecule has 2 aromatic rings. The highest BCUT2D eigenvalue weighted by atomic mass is 16.2. The maximum Gasteiger partial charge on any atom is 0.247 e. The summed E-state index contributed by atoms with van der Waals surface area (Å²) in [6.07, 6.45) is 0.788. The van der Waals surface area contributed by atoms with Crippen LogP contribution in [0.5, 0.6) is 0 Å². The minimum absolute atomic E-state index is 0.0789. The van der Waals surface area contributed by atoms with Crippen molar-refractivity contribution in [1.29, 1.82) is 0 Å². The van der Waals surface area contributed by atoms with E-state index in [1.807, 2.05) is 24.3 Å². The number of amides is 1. The largest absolute Gasteiger partial charge is 0.353 e. The predicted octanol–water partition coefficient (Wildman–Crippen LogP) is 2.57. The van der Waals surface area contributed by atoms with Gasteiger partial charge in [-0.2, -0.15) is 0 Å². The van der Waals surface area contributed by atoms with Gasteiger partial charge in [0.25, 0.3) is 0 Å². The van der Waals surface area contributed by atoms with Gasteiger partial charge in [-0.05, 0) is 23.3 Å². The smallest absolute Gasteiger partial charge is 0.247 e. The number of nitrogens with one attached hydrogen (secondary N) is 1. The summed E-state index contributed by atoms with van der Waals surface area (Å²) in [5.74, 6) is 0.105. The Morgan fingerprint density at radius 1 is 1.00 bits per heavy atom. The fourth-order valence-electron chi connectivity index (χ4n) is 3.06. The lowest BCUT2D eigenvalue weighted by Crippen LogP contribution is -2.51. The Kier molecular flexibility index (Phi) is 2.15. The molecule has 3 nitrogen and oxygen atoms in total. The molecule has 0 fully saturated rings. The molecular formula is C16H14N2O. The molecule has 2 aromatic carbocycles. The Balaban J connectivity index is 1.84. The lowest BCUT2D eigenvalue weighted by molar-refractivity contribution is -0.117. The van der Waals surface area contributed by atoms with Gasteiger partial charge in [-0.3, -0.25) is 4.79 Å².